The summed E-state index contributed by atoms with van der Waals surface area (Å²) < 4.78 is 32.3. The van der Waals surface area contributed by atoms with Gasteiger partial charge in [-0.2, -0.15) is 0 Å². The van der Waals surface area contributed by atoms with E-state index in [1.165, 1.54) is 12.8 Å². The van der Waals surface area contributed by atoms with E-state index < -0.39 is 10.0 Å². The zero-order valence-electron chi connectivity index (χ0n) is 12.2. The van der Waals surface area contributed by atoms with E-state index in [9.17, 15) is 8.42 Å². The van der Waals surface area contributed by atoms with E-state index in [1.807, 2.05) is 6.92 Å². The zero-order valence-corrected chi connectivity index (χ0v) is 13.8. The van der Waals surface area contributed by atoms with Crippen molar-refractivity contribution in [2.24, 2.45) is 5.92 Å². The highest BCUT2D eigenvalue weighted by Gasteiger charge is 2.17. The van der Waals surface area contributed by atoms with Crippen LogP contribution in [0.2, 0.25) is 0 Å². The lowest BCUT2D eigenvalue weighted by Crippen LogP contribution is -2.22. The van der Waals surface area contributed by atoms with Gasteiger partial charge >= 0.3 is 0 Å². The van der Waals surface area contributed by atoms with Crippen LogP contribution < -0.4 is 9.46 Å². The Bertz CT molecular complexity index is 539. The first-order valence-corrected chi connectivity index (χ1v) is 9.50. The van der Waals surface area contributed by atoms with E-state index in [0.29, 0.717) is 17.7 Å². The van der Waals surface area contributed by atoms with Crippen molar-refractivity contribution in [3.05, 3.63) is 24.3 Å². The van der Waals surface area contributed by atoms with Gasteiger partial charge in [0.15, 0.2) is 0 Å². The summed E-state index contributed by atoms with van der Waals surface area (Å²) >= 11 is 5.65. The van der Waals surface area contributed by atoms with Crippen LogP contribution in [0.4, 0.5) is 5.69 Å². The molecule has 1 atom stereocenters. The Morgan fingerprint density at radius 1 is 1.29 bits per heavy atom. The van der Waals surface area contributed by atoms with E-state index in [-0.39, 0.29) is 11.7 Å². The Balaban J connectivity index is 1.92. The molecule has 0 radical (unpaired) electrons. The summed E-state index contributed by atoms with van der Waals surface area (Å²) in [5.41, 5.74) is 0.551. The smallest absolute Gasteiger partial charge is 0.233 e. The van der Waals surface area contributed by atoms with Crippen molar-refractivity contribution in [3.8, 4) is 5.75 Å². The molecule has 1 aromatic carbocycles. The van der Waals surface area contributed by atoms with E-state index in [2.05, 4.69) is 4.72 Å². The Kier molecular flexibility index (Phi) is 5.76. The SMILES string of the molecule is CC(CCl)CS(=O)(=O)Nc1ccc(OC2CCCC2)cc1. The van der Waals surface area contributed by atoms with Gasteiger partial charge in [-0.15, -0.1) is 11.6 Å². The van der Waals surface area contributed by atoms with Crippen LogP contribution >= 0.6 is 11.6 Å². The van der Waals surface area contributed by atoms with Crippen LogP contribution in [0.25, 0.3) is 0 Å². The molecule has 0 amide bonds. The first kappa shape index (κ1) is 16.4. The van der Waals surface area contributed by atoms with Crippen molar-refractivity contribution in [2.75, 3.05) is 16.4 Å². The van der Waals surface area contributed by atoms with Gasteiger partial charge in [0.25, 0.3) is 0 Å². The summed E-state index contributed by atoms with van der Waals surface area (Å²) in [6.07, 6.45) is 4.95. The highest BCUT2D eigenvalue weighted by molar-refractivity contribution is 7.92. The summed E-state index contributed by atoms with van der Waals surface area (Å²) in [7, 11) is -3.36. The van der Waals surface area contributed by atoms with Gasteiger partial charge < -0.3 is 4.74 Å². The Hall–Kier alpha value is -0.940. The molecule has 118 valence electrons. The van der Waals surface area contributed by atoms with Crippen molar-refractivity contribution in [3.63, 3.8) is 0 Å². The molecule has 1 N–H and O–H groups in total. The number of alkyl halides is 1. The van der Waals surface area contributed by atoms with Crippen molar-refractivity contribution < 1.29 is 13.2 Å². The minimum atomic E-state index is -3.36. The average Bonchev–Trinajstić information content (AvgIpc) is 2.93. The number of ether oxygens (including phenoxy) is 1. The molecular weight excluding hydrogens is 310 g/mol. The van der Waals surface area contributed by atoms with E-state index in [4.69, 9.17) is 16.3 Å². The molecule has 0 aromatic heterocycles. The van der Waals surface area contributed by atoms with Crippen LogP contribution in [0.5, 0.6) is 5.75 Å². The van der Waals surface area contributed by atoms with Crippen LogP contribution in [-0.4, -0.2) is 26.2 Å². The van der Waals surface area contributed by atoms with Crippen LogP contribution in [0.15, 0.2) is 24.3 Å². The predicted octanol–water partition coefficient (Wildman–Crippen LogP) is 3.62. The zero-order chi connectivity index (χ0) is 15.3. The number of rotatable bonds is 7. The third-order valence-corrected chi connectivity index (χ3v) is 5.58. The van der Waals surface area contributed by atoms with Crippen molar-refractivity contribution in [1.82, 2.24) is 0 Å². The third-order valence-electron chi connectivity index (χ3n) is 3.50. The van der Waals surface area contributed by atoms with Gasteiger partial charge in [-0.3, -0.25) is 4.72 Å². The van der Waals surface area contributed by atoms with Crippen molar-refractivity contribution >= 4 is 27.3 Å². The van der Waals surface area contributed by atoms with E-state index >= 15 is 0 Å². The maximum atomic E-state index is 11.9. The molecule has 4 nitrogen and oxygen atoms in total. The lowest BCUT2D eigenvalue weighted by atomic mass is 10.3. The van der Waals surface area contributed by atoms with Gasteiger partial charge in [-0.05, 0) is 55.9 Å². The van der Waals surface area contributed by atoms with Crippen molar-refractivity contribution in [1.29, 1.82) is 0 Å². The number of benzene rings is 1. The molecular formula is C15H22ClNO3S. The molecule has 1 unspecified atom stereocenters. The van der Waals surface area contributed by atoms with E-state index in [1.54, 1.807) is 24.3 Å². The molecule has 1 aromatic rings. The quantitative estimate of drug-likeness (QED) is 0.776. The minimum absolute atomic E-state index is 0.0246. The van der Waals surface area contributed by atoms with Gasteiger partial charge in [0.05, 0.1) is 11.9 Å². The number of anilines is 1. The van der Waals surface area contributed by atoms with Gasteiger partial charge in [0.2, 0.25) is 10.0 Å². The van der Waals surface area contributed by atoms with Crippen LogP contribution in [0, 0.1) is 5.92 Å². The fraction of sp³-hybridized carbons (Fsp3) is 0.600. The van der Waals surface area contributed by atoms with Crippen LogP contribution in [-0.2, 0) is 10.0 Å². The standard InChI is InChI=1S/C15H22ClNO3S/c1-12(10-16)11-21(18,19)17-13-6-8-15(9-7-13)20-14-4-2-3-5-14/h6-9,12,14,17H,2-5,10-11H2,1H3. The fourth-order valence-electron chi connectivity index (χ4n) is 2.44. The third kappa shape index (κ3) is 5.40. The predicted molar refractivity (Wildman–Crippen MR) is 86.6 cm³/mol. The summed E-state index contributed by atoms with van der Waals surface area (Å²) in [5.74, 6) is 1.07. The molecule has 6 heteroatoms. The number of hydrogen-bond acceptors (Lipinski definition) is 3. The van der Waals surface area contributed by atoms with E-state index in [0.717, 1.165) is 18.6 Å². The minimum Gasteiger partial charge on any atom is -0.490 e. The molecule has 1 saturated carbocycles. The highest BCUT2D eigenvalue weighted by Crippen LogP contribution is 2.25. The number of nitrogens with one attached hydrogen (secondary N) is 1. The van der Waals surface area contributed by atoms with Crippen LogP contribution in [0.3, 0.4) is 0 Å². The number of hydrogen-bond donors (Lipinski definition) is 1. The topological polar surface area (TPSA) is 55.4 Å². The van der Waals surface area contributed by atoms with Gasteiger partial charge in [0.1, 0.15) is 5.75 Å². The highest BCUT2D eigenvalue weighted by atomic mass is 35.5. The lowest BCUT2D eigenvalue weighted by molar-refractivity contribution is 0.210. The normalized spacial score (nSPS) is 17.6. The maximum absolute atomic E-state index is 11.9. The summed E-state index contributed by atoms with van der Waals surface area (Å²) in [5, 5.41) is 0. The summed E-state index contributed by atoms with van der Waals surface area (Å²) in [6.45, 7) is 1.81. The first-order valence-electron chi connectivity index (χ1n) is 7.31. The molecule has 0 spiro atoms. The fourth-order valence-corrected chi connectivity index (χ4v) is 4.12. The molecule has 0 heterocycles. The molecule has 21 heavy (non-hydrogen) atoms. The summed E-state index contributed by atoms with van der Waals surface area (Å²) in [4.78, 5) is 0. The first-order chi connectivity index (χ1) is 9.98. The Labute approximate surface area is 131 Å². The largest absolute Gasteiger partial charge is 0.490 e. The molecule has 2 rings (SSSR count). The maximum Gasteiger partial charge on any atom is 0.233 e. The Morgan fingerprint density at radius 2 is 1.90 bits per heavy atom. The second kappa shape index (κ2) is 7.36. The van der Waals surface area contributed by atoms with Gasteiger partial charge in [0, 0.05) is 11.6 Å². The molecule has 1 aliphatic rings. The van der Waals surface area contributed by atoms with Gasteiger partial charge in [-0.1, -0.05) is 6.92 Å². The lowest BCUT2D eigenvalue weighted by Gasteiger charge is -2.14. The molecule has 1 fully saturated rings. The molecule has 0 bridgehead atoms. The van der Waals surface area contributed by atoms with Crippen LogP contribution in [0.1, 0.15) is 32.6 Å². The average molecular weight is 332 g/mol. The molecule has 0 aliphatic heterocycles. The second-order valence-electron chi connectivity index (χ2n) is 5.69. The van der Waals surface area contributed by atoms with Crippen molar-refractivity contribution in [2.45, 2.75) is 38.7 Å². The molecule has 1 aliphatic carbocycles. The second-order valence-corrected chi connectivity index (χ2v) is 7.77. The van der Waals surface area contributed by atoms with Gasteiger partial charge in [-0.25, -0.2) is 8.42 Å². The monoisotopic (exact) mass is 331 g/mol. The Morgan fingerprint density at radius 3 is 2.48 bits per heavy atom. The number of halogens is 1. The summed E-state index contributed by atoms with van der Waals surface area (Å²) in [6, 6.07) is 7.07. The molecule has 0 saturated heterocycles. The number of sulfonamides is 1.